The summed E-state index contributed by atoms with van der Waals surface area (Å²) in [6.45, 7) is 3.32. The van der Waals surface area contributed by atoms with Crippen LogP contribution in [0.15, 0.2) is 6.58 Å². The zero-order valence-corrected chi connectivity index (χ0v) is 4.21. The molecule has 4 heavy (non-hydrogen) atoms. The van der Waals surface area contributed by atoms with E-state index in [4.69, 9.17) is 0 Å². The van der Waals surface area contributed by atoms with E-state index in [2.05, 4.69) is 21.7 Å². The fraction of sp³-hybridized carbons (Fsp3) is 0. The molecule has 0 nitrogen and oxygen atoms in total. The molecule has 0 aromatic heterocycles. The highest BCUT2D eigenvalue weighted by molar-refractivity contribution is 6.91. The third kappa shape index (κ3) is 2.08. The maximum atomic E-state index is 3.32. The van der Waals surface area contributed by atoms with Crippen molar-refractivity contribution in [2.24, 2.45) is 0 Å². The van der Waals surface area contributed by atoms with E-state index in [1.54, 1.807) is 0 Å². The SMILES string of the molecule is C=C=[Si][Si]. The summed E-state index contributed by atoms with van der Waals surface area (Å²) in [5, 5.41) is 2.62. The first-order chi connectivity index (χ1) is 1.91. The van der Waals surface area contributed by atoms with Crippen LogP contribution in [0.3, 0.4) is 0 Å². The maximum absolute atomic E-state index is 3.32. The molecule has 0 aliphatic heterocycles. The minimum Gasteiger partial charge on any atom is -0.168 e. The largest absolute Gasteiger partial charge is 0.168 e. The average Bonchev–Trinajstić information content (AvgIpc) is 1.37. The highest BCUT2D eigenvalue weighted by Crippen LogP contribution is 1.02. The minimum atomic E-state index is 0.585. The Morgan fingerprint density at radius 1 is 2.00 bits per heavy atom. The second-order valence-corrected chi connectivity index (χ2v) is 1.66. The minimum absolute atomic E-state index is 0.585. The van der Waals surface area contributed by atoms with Crippen LogP contribution < -0.4 is 0 Å². The van der Waals surface area contributed by atoms with E-state index in [9.17, 15) is 0 Å². The molecule has 0 spiro atoms. The van der Waals surface area contributed by atoms with Gasteiger partial charge in [0.05, 0.1) is 8.65 Å². The van der Waals surface area contributed by atoms with E-state index in [0.717, 1.165) is 0 Å². The molecule has 0 aliphatic rings. The molecule has 0 saturated heterocycles. The van der Waals surface area contributed by atoms with Crippen molar-refractivity contribution >= 4 is 23.7 Å². The Balaban J connectivity index is 3.11. The number of hydrogen-bond acceptors (Lipinski definition) is 0. The second-order valence-electron chi connectivity index (χ2n) is 0.302. The Labute approximate surface area is 31.2 Å². The van der Waals surface area contributed by atoms with E-state index in [1.165, 1.54) is 0 Å². The molecule has 0 aromatic rings. The number of hydrogen-bond donors (Lipinski definition) is 0. The van der Waals surface area contributed by atoms with E-state index in [-0.39, 0.29) is 0 Å². The zero-order chi connectivity index (χ0) is 3.41. The van der Waals surface area contributed by atoms with Crippen molar-refractivity contribution in [3.8, 4) is 0 Å². The van der Waals surface area contributed by atoms with Gasteiger partial charge in [-0.1, -0.05) is 6.58 Å². The Bertz CT molecular complexity index is 42.0. The number of rotatable bonds is 0. The van der Waals surface area contributed by atoms with Crippen LogP contribution in [0.2, 0.25) is 0 Å². The smallest absolute Gasteiger partial charge is 0.0589 e. The van der Waals surface area contributed by atoms with Crippen LogP contribution >= 0.6 is 0 Å². The predicted molar refractivity (Wildman–Crippen MR) is 22.1 cm³/mol. The van der Waals surface area contributed by atoms with E-state index >= 15 is 0 Å². The molecular weight excluding hydrogens is 80.2 g/mol. The molecule has 0 aromatic carbocycles. The fourth-order valence-corrected chi connectivity index (χ4v) is 0. The summed E-state index contributed by atoms with van der Waals surface area (Å²) < 4.78 is 0. The van der Waals surface area contributed by atoms with Crippen molar-refractivity contribution < 1.29 is 0 Å². The fourth-order valence-electron chi connectivity index (χ4n) is 0. The maximum Gasteiger partial charge on any atom is 0.0589 e. The Morgan fingerprint density at radius 2 is 2.25 bits per heavy atom. The second kappa shape index (κ2) is 3.08. The van der Waals surface area contributed by atoms with Gasteiger partial charge in [0.1, 0.15) is 0 Å². The topological polar surface area (TPSA) is 0 Å². The molecule has 0 unspecified atom stereocenters. The van der Waals surface area contributed by atoms with Gasteiger partial charge in [-0.15, -0.1) is 0 Å². The summed E-state index contributed by atoms with van der Waals surface area (Å²) >= 11 is 0. The van der Waals surface area contributed by atoms with Gasteiger partial charge in [0.25, 0.3) is 0 Å². The predicted octanol–water partition coefficient (Wildman–Crippen LogP) is -0.639. The zero-order valence-electron chi connectivity index (χ0n) is 2.21. The van der Waals surface area contributed by atoms with Crippen molar-refractivity contribution in [1.82, 2.24) is 0 Å². The molecular formula is C2H2Si2. The molecule has 0 amide bonds. The van der Waals surface area contributed by atoms with Crippen molar-refractivity contribution in [1.29, 1.82) is 0 Å². The molecule has 18 valence electrons. The third-order valence-electron chi connectivity index (χ3n) is 0.0884. The Morgan fingerprint density at radius 3 is 2.25 bits per heavy atom. The molecule has 4 radical (unpaired) electrons. The normalized spacial score (nSPS) is 4.25. The van der Waals surface area contributed by atoms with Crippen LogP contribution in [0, 0.1) is 0 Å². The highest BCUT2D eigenvalue weighted by Gasteiger charge is 1.31. The van der Waals surface area contributed by atoms with E-state index in [1.807, 2.05) is 0 Å². The lowest BCUT2D eigenvalue weighted by atomic mass is 11.3. The summed E-state index contributed by atoms with van der Waals surface area (Å²) in [5.41, 5.74) is 0. The van der Waals surface area contributed by atoms with E-state index < -0.39 is 0 Å². The van der Waals surface area contributed by atoms with Gasteiger partial charge >= 0.3 is 0 Å². The summed E-state index contributed by atoms with van der Waals surface area (Å²) in [5.74, 6) is 0. The first-order valence-corrected chi connectivity index (χ1v) is 3.35. The molecule has 0 fully saturated rings. The van der Waals surface area contributed by atoms with Gasteiger partial charge in [-0.3, -0.25) is 0 Å². The molecule has 0 N–H and O–H groups in total. The van der Waals surface area contributed by atoms with Crippen molar-refractivity contribution in [2.75, 3.05) is 0 Å². The lowest BCUT2D eigenvalue weighted by molar-refractivity contribution is 3.20. The van der Waals surface area contributed by atoms with Crippen LogP contribution in [0.4, 0.5) is 0 Å². The third-order valence-corrected chi connectivity index (χ3v) is 0.795. The van der Waals surface area contributed by atoms with Crippen LogP contribution in [0.25, 0.3) is 0 Å². The lowest BCUT2D eigenvalue weighted by Gasteiger charge is -1.32. The summed E-state index contributed by atoms with van der Waals surface area (Å²) in [7, 11) is 3.73. The Kier molecular flexibility index (Phi) is 3.15. The van der Waals surface area contributed by atoms with Gasteiger partial charge in [-0.05, 0) is 0 Å². The van der Waals surface area contributed by atoms with Crippen molar-refractivity contribution in [3.05, 3.63) is 6.58 Å². The van der Waals surface area contributed by atoms with Crippen LogP contribution in [-0.4, -0.2) is 23.7 Å². The standard InChI is InChI=1S/C2H2Si2/c1-2-4-3/h1H2. The molecule has 0 atom stereocenters. The van der Waals surface area contributed by atoms with Gasteiger partial charge in [0.2, 0.25) is 0 Å². The molecule has 0 saturated carbocycles. The van der Waals surface area contributed by atoms with Gasteiger partial charge < -0.3 is 0 Å². The molecule has 0 bridgehead atoms. The van der Waals surface area contributed by atoms with Gasteiger partial charge in [-0.2, -0.15) is 5.33 Å². The van der Waals surface area contributed by atoms with Crippen LogP contribution in [0.1, 0.15) is 0 Å². The monoisotopic (exact) mass is 82.0 g/mol. The molecule has 2 heteroatoms. The first-order valence-electron chi connectivity index (χ1n) is 0.854. The van der Waals surface area contributed by atoms with Crippen LogP contribution in [0.5, 0.6) is 0 Å². The van der Waals surface area contributed by atoms with E-state index in [0.29, 0.717) is 8.65 Å². The summed E-state index contributed by atoms with van der Waals surface area (Å²) in [6.07, 6.45) is 0. The van der Waals surface area contributed by atoms with Gasteiger partial charge in [0, 0.05) is 9.76 Å². The lowest BCUT2D eigenvalue weighted by Crippen LogP contribution is -1.64. The summed E-state index contributed by atoms with van der Waals surface area (Å²) in [6, 6.07) is 0. The van der Waals surface area contributed by atoms with Crippen LogP contribution in [-0.2, 0) is 0 Å². The Hall–Kier alpha value is 0.0838. The molecule has 0 rings (SSSR count). The summed E-state index contributed by atoms with van der Waals surface area (Å²) in [4.78, 5) is 0. The molecule has 0 aliphatic carbocycles. The van der Waals surface area contributed by atoms with Crippen molar-refractivity contribution in [2.45, 2.75) is 0 Å². The van der Waals surface area contributed by atoms with Gasteiger partial charge in [0.15, 0.2) is 0 Å². The van der Waals surface area contributed by atoms with Gasteiger partial charge in [-0.25, -0.2) is 0 Å². The average molecular weight is 82.2 g/mol. The highest BCUT2D eigenvalue weighted by atomic mass is 29.1. The quantitative estimate of drug-likeness (QED) is 0.341. The van der Waals surface area contributed by atoms with Crippen molar-refractivity contribution in [3.63, 3.8) is 0 Å². The molecule has 0 heterocycles. The first kappa shape index (κ1) is 4.08.